The van der Waals surface area contributed by atoms with Crippen molar-refractivity contribution < 1.29 is 9.53 Å². The molecular formula is C28H33N7O3. The van der Waals surface area contributed by atoms with E-state index in [4.69, 9.17) is 9.72 Å². The van der Waals surface area contributed by atoms with E-state index in [0.29, 0.717) is 41.7 Å². The van der Waals surface area contributed by atoms with Gasteiger partial charge in [-0.3, -0.25) is 4.79 Å². The number of rotatable bonds is 2. The first-order valence-corrected chi connectivity index (χ1v) is 13.3. The summed E-state index contributed by atoms with van der Waals surface area (Å²) in [5.74, 6) is 0. The lowest BCUT2D eigenvalue weighted by atomic mass is 9.69. The predicted molar refractivity (Wildman–Crippen MR) is 143 cm³/mol. The van der Waals surface area contributed by atoms with Crippen molar-refractivity contribution in [3.05, 3.63) is 52.2 Å². The van der Waals surface area contributed by atoms with Gasteiger partial charge in [0.05, 0.1) is 40.7 Å². The molecule has 1 saturated carbocycles. The summed E-state index contributed by atoms with van der Waals surface area (Å²) >= 11 is 0. The van der Waals surface area contributed by atoms with E-state index in [1.807, 2.05) is 63.9 Å². The van der Waals surface area contributed by atoms with Gasteiger partial charge in [0.15, 0.2) is 5.65 Å². The Hall–Kier alpha value is -3.82. The van der Waals surface area contributed by atoms with Crippen LogP contribution in [0.5, 0.6) is 0 Å². The third-order valence-corrected chi connectivity index (χ3v) is 7.78. The Morgan fingerprint density at radius 1 is 1.13 bits per heavy atom. The van der Waals surface area contributed by atoms with Crippen molar-refractivity contribution >= 4 is 22.6 Å². The zero-order valence-corrected chi connectivity index (χ0v) is 22.6. The number of carbonyl (C=O) groups excluding carboxylic acids is 1. The van der Waals surface area contributed by atoms with E-state index in [2.05, 4.69) is 15.2 Å². The summed E-state index contributed by atoms with van der Waals surface area (Å²) in [6.45, 7) is 10.1. The lowest BCUT2D eigenvalue weighted by molar-refractivity contribution is -0.0545. The molecule has 2 aliphatic rings. The van der Waals surface area contributed by atoms with Gasteiger partial charge in [-0.25, -0.2) is 24.0 Å². The molecule has 1 atom stereocenters. The second-order valence-corrected chi connectivity index (χ2v) is 11.7. The Morgan fingerprint density at radius 3 is 2.63 bits per heavy atom. The maximum absolute atomic E-state index is 13.6. The first kappa shape index (κ1) is 24.5. The molecule has 1 aliphatic carbocycles. The minimum Gasteiger partial charge on any atom is -0.444 e. The van der Waals surface area contributed by atoms with E-state index in [9.17, 15) is 9.59 Å². The number of aryl methyl sites for hydroxylation is 2. The quantitative estimate of drug-likeness (QED) is 0.384. The number of ether oxygens (including phenoxy) is 1. The molecule has 6 rings (SSSR count). The number of nitrogens with zero attached hydrogens (tertiary/aromatic N) is 7. The Kier molecular flexibility index (Phi) is 5.55. The molecular weight excluding hydrogens is 482 g/mol. The number of amides is 1. The van der Waals surface area contributed by atoms with Crippen LogP contribution >= 0.6 is 0 Å². The third kappa shape index (κ3) is 4.12. The van der Waals surface area contributed by atoms with Gasteiger partial charge in [-0.15, -0.1) is 0 Å². The van der Waals surface area contributed by atoms with Crippen LogP contribution < -0.4 is 5.56 Å². The molecule has 0 N–H and O–H groups in total. The number of imidazole rings is 1. The van der Waals surface area contributed by atoms with E-state index in [1.165, 1.54) is 0 Å². The maximum atomic E-state index is 13.6. The van der Waals surface area contributed by atoms with E-state index >= 15 is 0 Å². The standard InChI is InChI=1S/C28H33N7O3/c1-17-13-22(32-34-16-18(2)30-24(17)34)21-8-7-20-23(31-21)15-29-35(25(20)36)19-9-12-33(26(37)38-27(3,4)5)28(14-19)10-6-11-28/h7-8,13,15-16,19H,6,9-12,14H2,1-5H3. The van der Waals surface area contributed by atoms with Crippen LogP contribution in [0.2, 0.25) is 0 Å². The van der Waals surface area contributed by atoms with Gasteiger partial charge in [-0.05, 0) is 90.5 Å². The monoisotopic (exact) mass is 515 g/mol. The fraction of sp³-hybridized carbons (Fsp3) is 0.500. The van der Waals surface area contributed by atoms with Crippen molar-refractivity contribution in [2.24, 2.45) is 0 Å². The minimum absolute atomic E-state index is 0.0817. The van der Waals surface area contributed by atoms with Crippen molar-refractivity contribution in [3.63, 3.8) is 0 Å². The molecule has 1 spiro atoms. The summed E-state index contributed by atoms with van der Waals surface area (Å²) in [5, 5.41) is 9.75. The first-order valence-electron chi connectivity index (χ1n) is 13.3. The number of likely N-dealkylation sites (tertiary alicyclic amines) is 1. The lowest BCUT2D eigenvalue weighted by Crippen LogP contribution is -2.61. The number of carbonyl (C=O) groups is 1. The molecule has 5 heterocycles. The molecule has 4 aromatic heterocycles. The Bertz CT molecular complexity index is 1630. The number of piperidine rings is 1. The number of hydrogen-bond acceptors (Lipinski definition) is 7. The van der Waals surface area contributed by atoms with Crippen LogP contribution in [0.1, 0.15) is 70.2 Å². The van der Waals surface area contributed by atoms with Gasteiger partial charge >= 0.3 is 6.09 Å². The van der Waals surface area contributed by atoms with Crippen LogP contribution in [0.15, 0.2) is 35.4 Å². The molecule has 1 aliphatic heterocycles. The van der Waals surface area contributed by atoms with Crippen molar-refractivity contribution in [2.45, 2.75) is 83.9 Å². The normalized spacial score (nSPS) is 19.2. The highest BCUT2D eigenvalue weighted by Crippen LogP contribution is 2.47. The maximum Gasteiger partial charge on any atom is 0.410 e. The van der Waals surface area contributed by atoms with Crippen LogP contribution in [0.25, 0.3) is 27.9 Å². The molecule has 10 heteroatoms. The molecule has 0 aromatic carbocycles. The third-order valence-electron chi connectivity index (χ3n) is 7.78. The zero-order valence-electron chi connectivity index (χ0n) is 22.6. The van der Waals surface area contributed by atoms with Gasteiger partial charge in [0.1, 0.15) is 11.3 Å². The largest absolute Gasteiger partial charge is 0.444 e. The fourth-order valence-electron chi connectivity index (χ4n) is 5.86. The highest BCUT2D eigenvalue weighted by atomic mass is 16.6. The number of pyridine rings is 1. The molecule has 4 aromatic rings. The average molecular weight is 516 g/mol. The fourth-order valence-corrected chi connectivity index (χ4v) is 5.86. The summed E-state index contributed by atoms with van der Waals surface area (Å²) in [7, 11) is 0. The summed E-state index contributed by atoms with van der Waals surface area (Å²) in [4.78, 5) is 37.6. The summed E-state index contributed by atoms with van der Waals surface area (Å²) in [5.41, 5.74) is 3.67. The van der Waals surface area contributed by atoms with Crippen LogP contribution in [0.4, 0.5) is 4.79 Å². The molecule has 0 bridgehead atoms. The molecule has 198 valence electrons. The summed E-state index contributed by atoms with van der Waals surface area (Å²) < 4.78 is 9.06. The zero-order chi connectivity index (χ0) is 26.8. The smallest absolute Gasteiger partial charge is 0.410 e. The molecule has 10 nitrogen and oxygen atoms in total. The van der Waals surface area contributed by atoms with E-state index in [1.54, 1.807) is 15.4 Å². The molecule has 2 fully saturated rings. The molecule has 38 heavy (non-hydrogen) atoms. The Labute approximate surface area is 220 Å². The number of hydrogen-bond donors (Lipinski definition) is 0. The van der Waals surface area contributed by atoms with Gasteiger partial charge in [-0.1, -0.05) is 0 Å². The molecule has 1 unspecified atom stereocenters. The predicted octanol–water partition coefficient (Wildman–Crippen LogP) is 4.61. The van der Waals surface area contributed by atoms with Gasteiger partial charge < -0.3 is 9.64 Å². The molecule has 1 amide bonds. The second kappa shape index (κ2) is 8.61. The van der Waals surface area contributed by atoms with E-state index < -0.39 is 5.60 Å². The minimum atomic E-state index is -0.542. The first-order chi connectivity index (χ1) is 18.0. The highest BCUT2D eigenvalue weighted by Gasteiger charge is 2.50. The van der Waals surface area contributed by atoms with Gasteiger partial charge in [0.2, 0.25) is 0 Å². The van der Waals surface area contributed by atoms with E-state index in [-0.39, 0.29) is 23.2 Å². The van der Waals surface area contributed by atoms with Crippen LogP contribution in [-0.4, -0.2) is 58.0 Å². The van der Waals surface area contributed by atoms with Gasteiger partial charge in [0, 0.05) is 12.1 Å². The average Bonchev–Trinajstić information content (AvgIpc) is 3.22. The molecule has 1 saturated heterocycles. The second-order valence-electron chi connectivity index (χ2n) is 11.7. The van der Waals surface area contributed by atoms with Crippen LogP contribution in [-0.2, 0) is 4.74 Å². The van der Waals surface area contributed by atoms with Crippen molar-refractivity contribution in [3.8, 4) is 11.4 Å². The van der Waals surface area contributed by atoms with Gasteiger partial charge in [-0.2, -0.15) is 10.2 Å². The van der Waals surface area contributed by atoms with E-state index in [0.717, 1.165) is 36.2 Å². The van der Waals surface area contributed by atoms with Crippen LogP contribution in [0.3, 0.4) is 0 Å². The summed E-state index contributed by atoms with van der Waals surface area (Å²) in [6.07, 6.45) is 7.54. The highest BCUT2D eigenvalue weighted by molar-refractivity contribution is 5.79. The van der Waals surface area contributed by atoms with Crippen molar-refractivity contribution in [1.82, 2.24) is 34.3 Å². The lowest BCUT2D eigenvalue weighted by Gasteiger charge is -2.54. The molecule has 0 radical (unpaired) electrons. The SMILES string of the molecule is Cc1cn2nc(-c3ccc4c(=O)n(C5CCN(C(=O)OC(C)(C)C)C6(CCC6)C5)ncc4n3)cc(C)c2n1. The van der Waals surface area contributed by atoms with Crippen LogP contribution in [0, 0.1) is 13.8 Å². The Balaban J connectivity index is 1.29. The topological polar surface area (TPSA) is 108 Å². The van der Waals surface area contributed by atoms with Crippen molar-refractivity contribution in [2.75, 3.05) is 6.54 Å². The number of aromatic nitrogens is 6. The Morgan fingerprint density at radius 2 is 1.92 bits per heavy atom. The van der Waals surface area contributed by atoms with Crippen molar-refractivity contribution in [1.29, 1.82) is 0 Å². The summed E-state index contributed by atoms with van der Waals surface area (Å²) in [6, 6.07) is 5.53. The van der Waals surface area contributed by atoms with Gasteiger partial charge in [0.25, 0.3) is 5.56 Å². The number of fused-ring (bicyclic) bond motifs is 2.